The molecule has 0 heterocycles. The van der Waals surface area contributed by atoms with E-state index in [2.05, 4.69) is 38.2 Å². The monoisotopic (exact) mass is 264 g/mol. The molecule has 2 nitrogen and oxygen atoms in total. The number of likely N-dealkylation sites (N-methyl/N-ethyl adjacent to an activating group) is 1. The highest BCUT2D eigenvalue weighted by Gasteiger charge is 2.48. The summed E-state index contributed by atoms with van der Waals surface area (Å²) < 4.78 is 0. The first-order chi connectivity index (χ1) is 9.02. The Morgan fingerprint density at radius 3 is 1.89 bits per heavy atom. The van der Waals surface area contributed by atoms with Crippen molar-refractivity contribution < 1.29 is 0 Å². The molecule has 0 aromatic heterocycles. The molecule has 0 radical (unpaired) electrons. The van der Waals surface area contributed by atoms with Crippen LogP contribution in [-0.2, 0) is 0 Å². The van der Waals surface area contributed by atoms with Crippen molar-refractivity contribution in [1.29, 1.82) is 0 Å². The van der Waals surface area contributed by atoms with Gasteiger partial charge in [-0.25, -0.2) is 0 Å². The molecule has 0 saturated heterocycles. The van der Waals surface area contributed by atoms with Crippen molar-refractivity contribution in [3.63, 3.8) is 0 Å². The van der Waals surface area contributed by atoms with Gasteiger partial charge in [-0.3, -0.25) is 0 Å². The molecule has 19 heavy (non-hydrogen) atoms. The fourth-order valence-electron chi connectivity index (χ4n) is 5.29. The molecule has 0 spiro atoms. The standard InChI is InChI=1S/C17H32N2/c1-11(2)16(10-19(3)4)18-17-14-6-12-5-13(8-14)9-15(17)7-12/h11-18H,5-10H2,1-4H3. The first-order valence-corrected chi connectivity index (χ1v) is 8.43. The van der Waals surface area contributed by atoms with E-state index in [9.17, 15) is 0 Å². The molecule has 0 amide bonds. The van der Waals surface area contributed by atoms with E-state index in [1.54, 1.807) is 6.42 Å². The molecule has 1 N–H and O–H groups in total. The molecule has 110 valence electrons. The molecule has 2 heteroatoms. The highest BCUT2D eigenvalue weighted by Crippen LogP contribution is 2.53. The molecule has 4 aliphatic carbocycles. The minimum Gasteiger partial charge on any atom is -0.309 e. The third-order valence-electron chi connectivity index (χ3n) is 6.00. The molecule has 0 aliphatic heterocycles. The van der Waals surface area contributed by atoms with Crippen LogP contribution < -0.4 is 5.32 Å². The molecule has 0 aromatic carbocycles. The SMILES string of the molecule is CC(C)C(CN(C)C)NC1C2CC3CC(C2)CC1C3. The van der Waals surface area contributed by atoms with Crippen LogP contribution in [0.1, 0.15) is 46.0 Å². The zero-order valence-electron chi connectivity index (χ0n) is 13.2. The predicted octanol–water partition coefficient (Wildman–Crippen LogP) is 2.99. The lowest BCUT2D eigenvalue weighted by atomic mass is 9.54. The Morgan fingerprint density at radius 1 is 0.947 bits per heavy atom. The van der Waals surface area contributed by atoms with Gasteiger partial charge in [0.25, 0.3) is 0 Å². The van der Waals surface area contributed by atoms with Crippen molar-refractivity contribution in [2.75, 3.05) is 20.6 Å². The van der Waals surface area contributed by atoms with Crippen LogP contribution in [0.3, 0.4) is 0 Å². The Bertz CT molecular complexity index is 282. The maximum absolute atomic E-state index is 4.09. The highest BCUT2D eigenvalue weighted by atomic mass is 15.1. The van der Waals surface area contributed by atoms with Crippen molar-refractivity contribution in [3.8, 4) is 0 Å². The van der Waals surface area contributed by atoms with Gasteiger partial charge in [0.1, 0.15) is 0 Å². The van der Waals surface area contributed by atoms with Gasteiger partial charge in [-0.2, -0.15) is 0 Å². The summed E-state index contributed by atoms with van der Waals surface area (Å²) in [4.78, 5) is 2.34. The van der Waals surface area contributed by atoms with Crippen LogP contribution in [-0.4, -0.2) is 37.6 Å². The second-order valence-electron chi connectivity index (χ2n) is 8.24. The molecule has 4 rings (SSSR count). The fraction of sp³-hybridized carbons (Fsp3) is 1.00. The van der Waals surface area contributed by atoms with Crippen molar-refractivity contribution >= 4 is 0 Å². The molecule has 0 aromatic rings. The molecule has 4 aliphatic rings. The average Bonchev–Trinajstić information content (AvgIpc) is 2.30. The maximum atomic E-state index is 4.09. The molecule has 1 atom stereocenters. The lowest BCUT2D eigenvalue weighted by molar-refractivity contribution is -0.0207. The Morgan fingerprint density at radius 2 is 1.47 bits per heavy atom. The third-order valence-corrected chi connectivity index (χ3v) is 6.00. The van der Waals surface area contributed by atoms with Crippen molar-refractivity contribution in [3.05, 3.63) is 0 Å². The number of hydrogen-bond donors (Lipinski definition) is 1. The van der Waals surface area contributed by atoms with Crippen molar-refractivity contribution in [2.45, 2.75) is 58.0 Å². The van der Waals surface area contributed by atoms with E-state index in [0.717, 1.165) is 35.6 Å². The zero-order chi connectivity index (χ0) is 13.6. The second kappa shape index (κ2) is 5.37. The van der Waals surface area contributed by atoms with Crippen LogP contribution in [0.25, 0.3) is 0 Å². The van der Waals surface area contributed by atoms with Crippen LogP contribution in [0, 0.1) is 29.6 Å². The summed E-state index contributed by atoms with van der Waals surface area (Å²) in [6, 6.07) is 1.50. The number of nitrogens with one attached hydrogen (secondary N) is 1. The van der Waals surface area contributed by atoms with E-state index in [-0.39, 0.29) is 0 Å². The lowest BCUT2D eigenvalue weighted by Gasteiger charge is -2.55. The van der Waals surface area contributed by atoms with Gasteiger partial charge in [-0.05, 0) is 75.8 Å². The first-order valence-electron chi connectivity index (χ1n) is 8.43. The zero-order valence-corrected chi connectivity index (χ0v) is 13.2. The fourth-order valence-corrected chi connectivity index (χ4v) is 5.29. The third kappa shape index (κ3) is 2.85. The smallest absolute Gasteiger partial charge is 0.0220 e. The number of rotatable bonds is 5. The van der Waals surface area contributed by atoms with Gasteiger partial charge in [0.15, 0.2) is 0 Å². The van der Waals surface area contributed by atoms with Crippen LogP contribution in [0.15, 0.2) is 0 Å². The summed E-state index contributed by atoms with van der Waals surface area (Å²) in [5, 5.41) is 4.09. The molecule has 4 bridgehead atoms. The average molecular weight is 264 g/mol. The summed E-state index contributed by atoms with van der Waals surface area (Å²) in [6.45, 7) is 5.93. The van der Waals surface area contributed by atoms with E-state index in [1.807, 2.05) is 0 Å². The topological polar surface area (TPSA) is 15.3 Å². The summed E-state index contributed by atoms with van der Waals surface area (Å²) in [7, 11) is 4.40. The molecule has 1 unspecified atom stereocenters. The minimum absolute atomic E-state index is 0.664. The quantitative estimate of drug-likeness (QED) is 0.821. The van der Waals surface area contributed by atoms with Gasteiger partial charge in [0.05, 0.1) is 0 Å². The predicted molar refractivity (Wildman–Crippen MR) is 81.1 cm³/mol. The molecular weight excluding hydrogens is 232 g/mol. The van der Waals surface area contributed by atoms with Gasteiger partial charge in [-0.1, -0.05) is 13.8 Å². The van der Waals surface area contributed by atoms with Crippen LogP contribution in [0.5, 0.6) is 0 Å². The Hall–Kier alpha value is -0.0800. The molecule has 4 saturated carbocycles. The summed E-state index contributed by atoms with van der Waals surface area (Å²) in [5.74, 6) is 4.91. The Balaban J connectivity index is 1.65. The van der Waals surface area contributed by atoms with Gasteiger partial charge >= 0.3 is 0 Å². The lowest BCUT2D eigenvalue weighted by Crippen LogP contribution is -2.59. The van der Waals surface area contributed by atoms with E-state index < -0.39 is 0 Å². The Labute approximate surface area is 119 Å². The van der Waals surface area contributed by atoms with Crippen molar-refractivity contribution in [2.24, 2.45) is 29.6 Å². The summed E-state index contributed by atoms with van der Waals surface area (Å²) >= 11 is 0. The van der Waals surface area contributed by atoms with Crippen LogP contribution in [0.2, 0.25) is 0 Å². The number of hydrogen-bond acceptors (Lipinski definition) is 2. The van der Waals surface area contributed by atoms with E-state index >= 15 is 0 Å². The van der Waals surface area contributed by atoms with Crippen LogP contribution in [0.4, 0.5) is 0 Å². The highest BCUT2D eigenvalue weighted by molar-refractivity contribution is 5.02. The van der Waals surface area contributed by atoms with E-state index in [1.165, 1.54) is 32.2 Å². The minimum atomic E-state index is 0.664. The number of nitrogens with zero attached hydrogens (tertiary/aromatic N) is 1. The van der Waals surface area contributed by atoms with Gasteiger partial charge in [-0.15, -0.1) is 0 Å². The van der Waals surface area contributed by atoms with Gasteiger partial charge in [0.2, 0.25) is 0 Å². The molecular formula is C17H32N2. The van der Waals surface area contributed by atoms with E-state index in [0.29, 0.717) is 6.04 Å². The van der Waals surface area contributed by atoms with Gasteiger partial charge in [0, 0.05) is 18.6 Å². The maximum Gasteiger partial charge on any atom is 0.0220 e. The largest absolute Gasteiger partial charge is 0.309 e. The van der Waals surface area contributed by atoms with Crippen LogP contribution >= 0.6 is 0 Å². The Kier molecular flexibility index (Phi) is 3.92. The van der Waals surface area contributed by atoms with Gasteiger partial charge < -0.3 is 10.2 Å². The van der Waals surface area contributed by atoms with Crippen molar-refractivity contribution in [1.82, 2.24) is 10.2 Å². The first kappa shape index (κ1) is 13.9. The second-order valence-corrected chi connectivity index (χ2v) is 8.24. The summed E-state index contributed by atoms with van der Waals surface area (Å²) in [6.07, 6.45) is 7.66. The molecule has 4 fully saturated rings. The summed E-state index contributed by atoms with van der Waals surface area (Å²) in [5.41, 5.74) is 0. The van der Waals surface area contributed by atoms with E-state index in [4.69, 9.17) is 0 Å². The normalized spacial score (nSPS) is 42.3.